The largest absolute Gasteiger partial charge is 0.310 e. The van der Waals surface area contributed by atoms with Crippen molar-refractivity contribution in [2.75, 3.05) is 6.54 Å². The third-order valence-electron chi connectivity index (χ3n) is 3.29. The van der Waals surface area contributed by atoms with Crippen LogP contribution in [0.25, 0.3) is 0 Å². The van der Waals surface area contributed by atoms with Gasteiger partial charge < -0.3 is 5.32 Å². The van der Waals surface area contributed by atoms with Crippen LogP contribution in [0.2, 0.25) is 0 Å². The first-order chi connectivity index (χ1) is 7.25. The SMILES string of the molecule is CC(NCC1CCC1)c1cccc(Br)c1. The summed E-state index contributed by atoms with van der Waals surface area (Å²) in [6, 6.07) is 9.01. The van der Waals surface area contributed by atoms with Gasteiger partial charge in [-0.3, -0.25) is 0 Å². The second kappa shape index (κ2) is 5.13. The maximum atomic E-state index is 3.61. The zero-order valence-electron chi connectivity index (χ0n) is 9.17. The molecule has 0 heterocycles. The van der Waals surface area contributed by atoms with E-state index in [-0.39, 0.29) is 0 Å². The fourth-order valence-corrected chi connectivity index (χ4v) is 2.35. The van der Waals surface area contributed by atoms with Crippen molar-refractivity contribution in [1.82, 2.24) is 5.32 Å². The Balaban J connectivity index is 1.86. The first-order valence-corrected chi connectivity index (χ1v) is 6.54. The fraction of sp³-hybridized carbons (Fsp3) is 0.538. The molecule has 1 aliphatic carbocycles. The van der Waals surface area contributed by atoms with Gasteiger partial charge in [0, 0.05) is 10.5 Å². The Labute approximate surface area is 100 Å². The minimum absolute atomic E-state index is 0.461. The molecule has 0 aliphatic heterocycles. The van der Waals surface area contributed by atoms with Crippen LogP contribution in [0.1, 0.15) is 37.8 Å². The summed E-state index contributed by atoms with van der Waals surface area (Å²) in [5.74, 6) is 0.930. The number of rotatable bonds is 4. The van der Waals surface area contributed by atoms with E-state index in [1.165, 1.54) is 31.4 Å². The molecule has 1 aromatic carbocycles. The van der Waals surface area contributed by atoms with E-state index in [0.29, 0.717) is 6.04 Å². The van der Waals surface area contributed by atoms with Crippen molar-refractivity contribution in [3.63, 3.8) is 0 Å². The Morgan fingerprint density at radius 3 is 2.87 bits per heavy atom. The van der Waals surface area contributed by atoms with Crippen LogP contribution in [-0.4, -0.2) is 6.54 Å². The average molecular weight is 268 g/mol. The van der Waals surface area contributed by atoms with Crippen LogP contribution in [0.5, 0.6) is 0 Å². The summed E-state index contributed by atoms with van der Waals surface area (Å²) in [6.45, 7) is 3.41. The molecule has 0 radical (unpaired) electrons. The van der Waals surface area contributed by atoms with Crippen LogP contribution in [0.15, 0.2) is 28.7 Å². The van der Waals surface area contributed by atoms with Gasteiger partial charge in [-0.2, -0.15) is 0 Å². The van der Waals surface area contributed by atoms with E-state index in [1.807, 2.05) is 0 Å². The fourth-order valence-electron chi connectivity index (χ4n) is 1.93. The smallest absolute Gasteiger partial charge is 0.0292 e. The quantitative estimate of drug-likeness (QED) is 0.873. The van der Waals surface area contributed by atoms with Gasteiger partial charge in [0.05, 0.1) is 0 Å². The highest BCUT2D eigenvalue weighted by Crippen LogP contribution is 2.26. The minimum atomic E-state index is 0.461. The molecular weight excluding hydrogens is 250 g/mol. The standard InChI is InChI=1S/C13H18BrN/c1-10(15-9-11-4-2-5-11)12-6-3-7-13(14)8-12/h3,6-8,10-11,15H,2,4-5,9H2,1H3. The highest BCUT2D eigenvalue weighted by atomic mass is 79.9. The topological polar surface area (TPSA) is 12.0 Å². The van der Waals surface area contributed by atoms with Gasteiger partial charge in [0.25, 0.3) is 0 Å². The van der Waals surface area contributed by atoms with E-state index >= 15 is 0 Å². The number of benzene rings is 1. The predicted molar refractivity (Wildman–Crippen MR) is 67.9 cm³/mol. The number of halogens is 1. The second-order valence-electron chi connectivity index (χ2n) is 4.48. The summed E-state index contributed by atoms with van der Waals surface area (Å²) in [5.41, 5.74) is 1.36. The lowest BCUT2D eigenvalue weighted by Gasteiger charge is -2.27. The minimum Gasteiger partial charge on any atom is -0.310 e. The molecule has 1 nitrogen and oxygen atoms in total. The summed E-state index contributed by atoms with van der Waals surface area (Å²) in [5, 5.41) is 3.61. The molecular formula is C13H18BrN. The van der Waals surface area contributed by atoms with Crippen LogP contribution in [0.3, 0.4) is 0 Å². The first kappa shape index (κ1) is 11.2. The molecule has 2 heteroatoms. The lowest BCUT2D eigenvalue weighted by Crippen LogP contribution is -2.29. The lowest BCUT2D eigenvalue weighted by molar-refractivity contribution is 0.292. The molecule has 1 aromatic rings. The second-order valence-corrected chi connectivity index (χ2v) is 5.40. The Hall–Kier alpha value is -0.340. The average Bonchev–Trinajstić information content (AvgIpc) is 2.15. The molecule has 0 amide bonds. The summed E-state index contributed by atoms with van der Waals surface area (Å²) in [4.78, 5) is 0. The van der Waals surface area contributed by atoms with Crippen LogP contribution >= 0.6 is 15.9 Å². The van der Waals surface area contributed by atoms with Gasteiger partial charge in [-0.15, -0.1) is 0 Å². The molecule has 1 fully saturated rings. The van der Waals surface area contributed by atoms with Gasteiger partial charge in [-0.05, 0) is 49.9 Å². The molecule has 1 atom stereocenters. The van der Waals surface area contributed by atoms with Crippen molar-refractivity contribution in [3.05, 3.63) is 34.3 Å². The van der Waals surface area contributed by atoms with Gasteiger partial charge in [-0.1, -0.05) is 34.5 Å². The molecule has 15 heavy (non-hydrogen) atoms. The maximum Gasteiger partial charge on any atom is 0.0292 e. The van der Waals surface area contributed by atoms with Gasteiger partial charge in [0.1, 0.15) is 0 Å². The zero-order chi connectivity index (χ0) is 10.7. The van der Waals surface area contributed by atoms with E-state index in [4.69, 9.17) is 0 Å². The van der Waals surface area contributed by atoms with Crippen molar-refractivity contribution in [1.29, 1.82) is 0 Å². The molecule has 2 rings (SSSR count). The van der Waals surface area contributed by atoms with Crippen molar-refractivity contribution in [2.45, 2.75) is 32.2 Å². The molecule has 1 unspecified atom stereocenters. The molecule has 82 valence electrons. The van der Waals surface area contributed by atoms with E-state index in [9.17, 15) is 0 Å². The third-order valence-corrected chi connectivity index (χ3v) is 3.78. The van der Waals surface area contributed by atoms with Crippen LogP contribution in [0, 0.1) is 5.92 Å². The molecule has 0 saturated heterocycles. The van der Waals surface area contributed by atoms with Crippen LogP contribution in [-0.2, 0) is 0 Å². The summed E-state index contributed by atoms with van der Waals surface area (Å²) in [7, 11) is 0. The molecule has 0 aromatic heterocycles. The van der Waals surface area contributed by atoms with Gasteiger partial charge in [0.2, 0.25) is 0 Å². The normalized spacial score (nSPS) is 18.5. The third kappa shape index (κ3) is 3.05. The van der Waals surface area contributed by atoms with E-state index in [1.54, 1.807) is 0 Å². The molecule has 1 aliphatic rings. The van der Waals surface area contributed by atoms with Crippen molar-refractivity contribution < 1.29 is 0 Å². The molecule has 0 bridgehead atoms. The Bertz CT molecular complexity index is 320. The van der Waals surface area contributed by atoms with Gasteiger partial charge >= 0.3 is 0 Å². The summed E-state index contributed by atoms with van der Waals surface area (Å²) in [6.07, 6.45) is 4.26. The Morgan fingerprint density at radius 2 is 2.27 bits per heavy atom. The summed E-state index contributed by atoms with van der Waals surface area (Å²) < 4.78 is 1.16. The van der Waals surface area contributed by atoms with E-state index < -0.39 is 0 Å². The number of hydrogen-bond acceptors (Lipinski definition) is 1. The predicted octanol–water partition coefficient (Wildman–Crippen LogP) is 3.90. The number of hydrogen-bond donors (Lipinski definition) is 1. The molecule has 0 spiro atoms. The maximum absolute atomic E-state index is 3.61. The van der Waals surface area contributed by atoms with Crippen molar-refractivity contribution in [2.24, 2.45) is 5.92 Å². The van der Waals surface area contributed by atoms with Crippen LogP contribution in [0.4, 0.5) is 0 Å². The summed E-state index contributed by atoms with van der Waals surface area (Å²) >= 11 is 3.51. The Kier molecular flexibility index (Phi) is 3.81. The molecule has 1 saturated carbocycles. The highest BCUT2D eigenvalue weighted by Gasteiger charge is 2.17. The van der Waals surface area contributed by atoms with E-state index in [2.05, 4.69) is 52.4 Å². The van der Waals surface area contributed by atoms with E-state index in [0.717, 1.165) is 10.4 Å². The lowest BCUT2D eigenvalue weighted by atomic mass is 9.85. The van der Waals surface area contributed by atoms with Gasteiger partial charge in [0.15, 0.2) is 0 Å². The molecule has 1 N–H and O–H groups in total. The van der Waals surface area contributed by atoms with Crippen molar-refractivity contribution >= 4 is 15.9 Å². The zero-order valence-corrected chi connectivity index (χ0v) is 10.8. The highest BCUT2D eigenvalue weighted by molar-refractivity contribution is 9.10. The monoisotopic (exact) mass is 267 g/mol. The Morgan fingerprint density at radius 1 is 1.47 bits per heavy atom. The van der Waals surface area contributed by atoms with Crippen molar-refractivity contribution in [3.8, 4) is 0 Å². The number of nitrogens with one attached hydrogen (secondary N) is 1. The van der Waals surface area contributed by atoms with Gasteiger partial charge in [-0.25, -0.2) is 0 Å². The first-order valence-electron chi connectivity index (χ1n) is 5.74. The van der Waals surface area contributed by atoms with Crippen LogP contribution < -0.4 is 5.32 Å².